The van der Waals surface area contributed by atoms with E-state index < -0.39 is 0 Å². The Morgan fingerprint density at radius 3 is 2.94 bits per heavy atom. The van der Waals surface area contributed by atoms with Gasteiger partial charge >= 0.3 is 0 Å². The molecule has 0 radical (unpaired) electrons. The van der Waals surface area contributed by atoms with Crippen LogP contribution in [0.4, 0.5) is 0 Å². The molecule has 1 aromatic heterocycles. The van der Waals surface area contributed by atoms with Crippen molar-refractivity contribution in [2.75, 3.05) is 6.54 Å². The summed E-state index contributed by atoms with van der Waals surface area (Å²) in [5, 5.41) is 0. The molecule has 1 amide bonds. The van der Waals surface area contributed by atoms with Crippen molar-refractivity contribution < 1.29 is 9.59 Å². The van der Waals surface area contributed by atoms with Crippen LogP contribution in [0.2, 0.25) is 0 Å². The third kappa shape index (κ3) is 2.75. The third-order valence-corrected chi connectivity index (χ3v) is 3.46. The fraction of sp³-hybridized carbons (Fsp3) is 0.500. The van der Waals surface area contributed by atoms with Gasteiger partial charge in [0.2, 0.25) is 5.91 Å². The molecule has 2 heterocycles. The predicted octanol–water partition coefficient (Wildman–Crippen LogP) is 1.59. The molecule has 0 N–H and O–H groups in total. The maximum atomic E-state index is 12.3. The van der Waals surface area contributed by atoms with E-state index in [4.69, 9.17) is 0 Å². The van der Waals surface area contributed by atoms with Gasteiger partial charge in [0.05, 0.1) is 13.0 Å². The number of rotatable bonds is 2. The minimum Gasteiger partial charge on any atom is -0.330 e. The summed E-state index contributed by atoms with van der Waals surface area (Å²) >= 11 is 0. The van der Waals surface area contributed by atoms with Crippen molar-refractivity contribution in [3.8, 4) is 0 Å². The lowest BCUT2D eigenvalue weighted by molar-refractivity contribution is -0.144. The molecule has 0 saturated carbocycles. The van der Waals surface area contributed by atoms with Crippen LogP contribution >= 0.6 is 0 Å². The second-order valence-electron chi connectivity index (χ2n) is 5.37. The molecule has 0 aliphatic carbocycles. The van der Waals surface area contributed by atoms with E-state index in [-0.39, 0.29) is 23.8 Å². The minimum atomic E-state index is -0.229. The molecular formula is C14H18N2O2. The first kappa shape index (κ1) is 12.7. The average molecular weight is 246 g/mol. The Balaban J connectivity index is 2.10. The first-order chi connectivity index (χ1) is 8.49. The molecule has 4 nitrogen and oxygen atoms in total. The van der Waals surface area contributed by atoms with Crippen LogP contribution in [0.3, 0.4) is 0 Å². The Hall–Kier alpha value is -1.71. The Morgan fingerprint density at radius 2 is 2.28 bits per heavy atom. The van der Waals surface area contributed by atoms with Gasteiger partial charge in [-0.25, -0.2) is 0 Å². The predicted molar refractivity (Wildman–Crippen MR) is 68.0 cm³/mol. The Morgan fingerprint density at radius 1 is 1.50 bits per heavy atom. The van der Waals surface area contributed by atoms with Crippen LogP contribution in [-0.4, -0.2) is 33.7 Å². The highest BCUT2D eigenvalue weighted by molar-refractivity contribution is 5.88. The molecule has 1 aromatic rings. The average Bonchev–Trinajstić information content (AvgIpc) is 2.33. The quantitative estimate of drug-likeness (QED) is 0.796. The molecular weight excluding hydrogens is 228 g/mol. The number of amides is 1. The van der Waals surface area contributed by atoms with Gasteiger partial charge in [0, 0.05) is 24.4 Å². The van der Waals surface area contributed by atoms with Crippen LogP contribution in [0.25, 0.3) is 0 Å². The van der Waals surface area contributed by atoms with Gasteiger partial charge in [-0.2, -0.15) is 0 Å². The number of likely N-dealkylation sites (tertiary alicyclic amines) is 1. The molecule has 18 heavy (non-hydrogen) atoms. The summed E-state index contributed by atoms with van der Waals surface area (Å²) in [7, 11) is 0. The van der Waals surface area contributed by atoms with Gasteiger partial charge in [-0.05, 0) is 31.9 Å². The van der Waals surface area contributed by atoms with Crippen LogP contribution in [-0.2, 0) is 16.0 Å². The van der Waals surface area contributed by atoms with Crippen LogP contribution in [0.5, 0.6) is 0 Å². The lowest BCUT2D eigenvalue weighted by atomic mass is 9.89. The molecule has 1 aliphatic rings. The second-order valence-corrected chi connectivity index (χ2v) is 5.37. The molecule has 0 aromatic carbocycles. The molecule has 96 valence electrons. The van der Waals surface area contributed by atoms with Crippen LogP contribution < -0.4 is 0 Å². The number of hydrogen-bond acceptors (Lipinski definition) is 3. The van der Waals surface area contributed by atoms with Gasteiger partial charge < -0.3 is 4.90 Å². The highest BCUT2D eigenvalue weighted by Crippen LogP contribution is 2.26. The largest absolute Gasteiger partial charge is 0.330 e. The zero-order chi connectivity index (χ0) is 13.2. The Bertz CT molecular complexity index is 454. The Labute approximate surface area is 107 Å². The molecule has 0 bridgehead atoms. The van der Waals surface area contributed by atoms with Gasteiger partial charge in [0.1, 0.15) is 0 Å². The lowest BCUT2D eigenvalue weighted by Crippen LogP contribution is -2.54. The number of nitrogens with zero attached hydrogens (tertiary/aromatic N) is 2. The smallest absolute Gasteiger partial charge is 0.227 e. The molecule has 1 fully saturated rings. The fourth-order valence-electron chi connectivity index (χ4n) is 2.25. The Kier molecular flexibility index (Phi) is 3.45. The second kappa shape index (κ2) is 4.88. The number of piperidine rings is 1. The van der Waals surface area contributed by atoms with Gasteiger partial charge in [-0.3, -0.25) is 14.6 Å². The van der Waals surface area contributed by atoms with Gasteiger partial charge in [-0.15, -0.1) is 0 Å². The van der Waals surface area contributed by atoms with E-state index in [0.717, 1.165) is 12.0 Å². The van der Waals surface area contributed by atoms with E-state index in [0.29, 0.717) is 12.8 Å². The fourth-order valence-corrected chi connectivity index (χ4v) is 2.25. The zero-order valence-corrected chi connectivity index (χ0v) is 10.8. The summed E-state index contributed by atoms with van der Waals surface area (Å²) in [6.07, 6.45) is 5.00. The normalized spacial score (nSPS) is 18.8. The summed E-state index contributed by atoms with van der Waals surface area (Å²) in [6, 6.07) is 3.69. The van der Waals surface area contributed by atoms with E-state index in [1.165, 1.54) is 0 Å². The van der Waals surface area contributed by atoms with Crippen molar-refractivity contribution >= 4 is 11.7 Å². The SMILES string of the molecule is CC1(C)CCC(=O)CN1C(=O)Cc1cccnc1. The minimum absolute atomic E-state index is 0.000972. The molecule has 1 aliphatic heterocycles. The van der Waals surface area contributed by atoms with Crippen molar-refractivity contribution in [3.05, 3.63) is 30.1 Å². The summed E-state index contributed by atoms with van der Waals surface area (Å²) in [6.45, 7) is 4.27. The number of hydrogen-bond donors (Lipinski definition) is 0. The standard InChI is InChI=1S/C14H18N2O2/c1-14(2)6-5-12(17)10-16(14)13(18)8-11-4-3-7-15-9-11/h3-4,7,9H,5-6,8,10H2,1-2H3. The van der Waals surface area contributed by atoms with Crippen molar-refractivity contribution in [3.63, 3.8) is 0 Å². The van der Waals surface area contributed by atoms with Crippen molar-refractivity contribution in [1.29, 1.82) is 0 Å². The van der Waals surface area contributed by atoms with Gasteiger partial charge in [0.15, 0.2) is 5.78 Å². The molecule has 2 rings (SSSR count). The first-order valence-electron chi connectivity index (χ1n) is 6.20. The molecule has 0 atom stereocenters. The van der Waals surface area contributed by atoms with Crippen LogP contribution in [0.15, 0.2) is 24.5 Å². The van der Waals surface area contributed by atoms with Crippen molar-refractivity contribution in [1.82, 2.24) is 9.88 Å². The molecule has 0 spiro atoms. The first-order valence-corrected chi connectivity index (χ1v) is 6.20. The lowest BCUT2D eigenvalue weighted by Gasteiger charge is -2.41. The van der Waals surface area contributed by atoms with E-state index in [9.17, 15) is 9.59 Å². The number of aromatic nitrogens is 1. The highest BCUT2D eigenvalue weighted by Gasteiger charge is 2.36. The monoisotopic (exact) mass is 246 g/mol. The molecule has 0 unspecified atom stereocenters. The summed E-state index contributed by atoms with van der Waals surface area (Å²) < 4.78 is 0. The number of carbonyl (C=O) groups excluding carboxylic acids is 2. The van der Waals surface area contributed by atoms with Gasteiger partial charge in [0.25, 0.3) is 0 Å². The van der Waals surface area contributed by atoms with Crippen molar-refractivity contribution in [2.24, 2.45) is 0 Å². The number of ketones is 1. The number of carbonyl (C=O) groups is 2. The summed E-state index contributed by atoms with van der Waals surface area (Å²) in [5.41, 5.74) is 0.657. The number of pyridine rings is 1. The number of Topliss-reactive ketones (excluding diaryl/α,β-unsaturated/α-hetero) is 1. The molecule has 4 heteroatoms. The zero-order valence-electron chi connectivity index (χ0n) is 10.8. The van der Waals surface area contributed by atoms with E-state index >= 15 is 0 Å². The van der Waals surface area contributed by atoms with E-state index in [2.05, 4.69) is 4.98 Å². The van der Waals surface area contributed by atoms with E-state index in [1.54, 1.807) is 17.3 Å². The van der Waals surface area contributed by atoms with Crippen LogP contribution in [0.1, 0.15) is 32.3 Å². The maximum absolute atomic E-state index is 12.3. The molecule has 1 saturated heterocycles. The summed E-state index contributed by atoms with van der Waals surface area (Å²) in [4.78, 5) is 29.5. The van der Waals surface area contributed by atoms with E-state index in [1.807, 2.05) is 26.0 Å². The summed E-state index contributed by atoms with van der Waals surface area (Å²) in [5.74, 6) is 0.148. The maximum Gasteiger partial charge on any atom is 0.227 e. The third-order valence-electron chi connectivity index (χ3n) is 3.46. The van der Waals surface area contributed by atoms with Crippen molar-refractivity contribution in [2.45, 2.75) is 38.6 Å². The van der Waals surface area contributed by atoms with Crippen LogP contribution in [0, 0.1) is 0 Å². The van der Waals surface area contributed by atoms with Gasteiger partial charge in [-0.1, -0.05) is 6.07 Å². The topological polar surface area (TPSA) is 50.3 Å². The highest BCUT2D eigenvalue weighted by atomic mass is 16.2.